The molecule has 0 saturated carbocycles. The summed E-state index contributed by atoms with van der Waals surface area (Å²) in [6.07, 6.45) is 3.43. The van der Waals surface area contributed by atoms with E-state index >= 15 is 0 Å². The number of hydrogen-bond acceptors (Lipinski definition) is 4. The molecule has 0 unspecified atom stereocenters. The molecule has 2 aromatic carbocycles. The van der Waals surface area contributed by atoms with Crippen molar-refractivity contribution in [3.63, 3.8) is 0 Å². The second kappa shape index (κ2) is 7.54. The average Bonchev–Trinajstić information content (AvgIpc) is 3.01. The smallest absolute Gasteiger partial charge is 0.261 e. The maximum absolute atomic E-state index is 12.7. The zero-order valence-corrected chi connectivity index (χ0v) is 16.8. The second-order valence-electron chi connectivity index (χ2n) is 5.88. The first kappa shape index (κ1) is 17.8. The van der Waals surface area contributed by atoms with Crippen LogP contribution in [0.3, 0.4) is 0 Å². The van der Waals surface area contributed by atoms with Gasteiger partial charge in [0.1, 0.15) is 5.56 Å². The van der Waals surface area contributed by atoms with E-state index in [4.69, 9.17) is 0 Å². The van der Waals surface area contributed by atoms with Crippen LogP contribution in [0.15, 0.2) is 81.3 Å². The van der Waals surface area contributed by atoms with Crippen molar-refractivity contribution >= 4 is 44.9 Å². The molecule has 1 amide bonds. The number of nitrogens with zero attached hydrogens (tertiary/aromatic N) is 3. The van der Waals surface area contributed by atoms with Gasteiger partial charge in [-0.15, -0.1) is 0 Å². The molecule has 0 aliphatic rings. The molecule has 0 aliphatic heterocycles. The minimum atomic E-state index is -0.213. The van der Waals surface area contributed by atoms with Crippen LogP contribution < -0.4 is 5.32 Å². The van der Waals surface area contributed by atoms with Crippen molar-refractivity contribution < 1.29 is 4.79 Å². The number of amides is 1. The number of nitrogens with one attached hydrogen (secondary N) is 1. The third-order valence-electron chi connectivity index (χ3n) is 3.96. The molecule has 2 aromatic heterocycles. The summed E-state index contributed by atoms with van der Waals surface area (Å²) >= 11 is 5.11. The molecule has 0 spiro atoms. The summed E-state index contributed by atoms with van der Waals surface area (Å²) in [5.41, 5.74) is 2.42. The van der Waals surface area contributed by atoms with Gasteiger partial charge in [0.05, 0.1) is 5.69 Å². The fraction of sp³-hybridized carbons (Fsp3) is 0.0500. The summed E-state index contributed by atoms with van der Waals surface area (Å²) < 4.78 is 2.67. The number of aromatic nitrogens is 3. The van der Waals surface area contributed by atoms with Crippen LogP contribution in [0.1, 0.15) is 16.1 Å². The monoisotopic (exact) mass is 438 g/mol. The van der Waals surface area contributed by atoms with E-state index in [1.165, 1.54) is 0 Å². The molecule has 0 atom stereocenters. The lowest BCUT2D eigenvalue weighted by Crippen LogP contribution is -2.13. The minimum absolute atomic E-state index is 0.213. The van der Waals surface area contributed by atoms with Crippen molar-refractivity contribution in [2.24, 2.45) is 0 Å². The first-order chi connectivity index (χ1) is 13.1. The van der Waals surface area contributed by atoms with Gasteiger partial charge < -0.3 is 5.32 Å². The Morgan fingerprint density at radius 2 is 1.74 bits per heavy atom. The van der Waals surface area contributed by atoms with Crippen molar-refractivity contribution in [3.05, 3.63) is 82.7 Å². The Hall–Kier alpha value is -2.64. The third kappa shape index (κ3) is 3.89. The number of rotatable bonds is 4. The maximum Gasteiger partial charge on any atom is 0.261 e. The van der Waals surface area contributed by atoms with Crippen molar-refractivity contribution in [1.82, 2.24) is 14.6 Å². The molecule has 0 saturated heterocycles. The summed E-state index contributed by atoms with van der Waals surface area (Å²) in [7, 11) is 0. The predicted molar refractivity (Wildman–Crippen MR) is 110 cm³/mol. The highest BCUT2D eigenvalue weighted by atomic mass is 79.9. The van der Waals surface area contributed by atoms with Gasteiger partial charge >= 0.3 is 0 Å². The van der Waals surface area contributed by atoms with E-state index in [9.17, 15) is 4.79 Å². The number of carbonyl (C=O) groups is 1. The topological polar surface area (TPSA) is 59.3 Å². The quantitative estimate of drug-likeness (QED) is 0.475. The Morgan fingerprint density at radius 3 is 2.44 bits per heavy atom. The summed E-state index contributed by atoms with van der Waals surface area (Å²) in [6.45, 7) is 1.81. The van der Waals surface area contributed by atoms with Crippen LogP contribution in [0.5, 0.6) is 0 Å². The summed E-state index contributed by atoms with van der Waals surface area (Å²) in [4.78, 5) is 19.2. The molecule has 7 heteroatoms. The second-order valence-corrected chi connectivity index (χ2v) is 7.95. The first-order valence-electron chi connectivity index (χ1n) is 8.25. The molecule has 1 N–H and O–H groups in total. The lowest BCUT2D eigenvalue weighted by molar-refractivity contribution is 0.102. The molecule has 0 radical (unpaired) electrons. The zero-order valence-electron chi connectivity index (χ0n) is 14.4. The van der Waals surface area contributed by atoms with Gasteiger partial charge in [-0.1, -0.05) is 27.7 Å². The van der Waals surface area contributed by atoms with Gasteiger partial charge in [-0.05, 0) is 61.5 Å². The molecule has 0 bridgehead atoms. The molecule has 2 heterocycles. The highest BCUT2D eigenvalue weighted by molar-refractivity contribution is 9.10. The van der Waals surface area contributed by atoms with Gasteiger partial charge in [0, 0.05) is 32.3 Å². The number of hydrogen-bond donors (Lipinski definition) is 1. The van der Waals surface area contributed by atoms with E-state index in [0.717, 1.165) is 20.0 Å². The molecule has 0 fully saturated rings. The largest absolute Gasteiger partial charge is 0.322 e. The van der Waals surface area contributed by atoms with Crippen molar-refractivity contribution in [2.45, 2.75) is 16.7 Å². The Kier molecular flexibility index (Phi) is 4.96. The molecule has 4 aromatic rings. The summed E-state index contributed by atoms with van der Waals surface area (Å²) in [5.74, 6) is -0.213. The van der Waals surface area contributed by atoms with Gasteiger partial charge in [-0.25, -0.2) is 9.50 Å². The van der Waals surface area contributed by atoms with Gasteiger partial charge in [-0.2, -0.15) is 5.10 Å². The number of anilines is 1. The highest BCUT2D eigenvalue weighted by Crippen LogP contribution is 2.29. The van der Waals surface area contributed by atoms with Gasteiger partial charge in [0.25, 0.3) is 5.91 Å². The van der Waals surface area contributed by atoms with E-state index in [-0.39, 0.29) is 5.91 Å². The van der Waals surface area contributed by atoms with Crippen molar-refractivity contribution in [3.8, 4) is 0 Å². The van der Waals surface area contributed by atoms with Crippen molar-refractivity contribution in [1.29, 1.82) is 0 Å². The van der Waals surface area contributed by atoms with E-state index in [1.54, 1.807) is 34.7 Å². The lowest BCUT2D eigenvalue weighted by atomic mass is 10.2. The Morgan fingerprint density at radius 1 is 1.07 bits per heavy atom. The number of halogens is 1. The van der Waals surface area contributed by atoms with Crippen LogP contribution in [-0.2, 0) is 0 Å². The normalized spacial score (nSPS) is 10.9. The summed E-state index contributed by atoms with van der Waals surface area (Å²) in [5, 5.41) is 7.26. The van der Waals surface area contributed by atoms with Crippen LogP contribution in [-0.4, -0.2) is 20.5 Å². The molecular formula is C20H15BrN4OS. The minimum Gasteiger partial charge on any atom is -0.322 e. The average molecular weight is 439 g/mol. The summed E-state index contributed by atoms with van der Waals surface area (Å²) in [6, 6.07) is 17.7. The molecule has 27 heavy (non-hydrogen) atoms. The van der Waals surface area contributed by atoms with Gasteiger partial charge in [0.2, 0.25) is 0 Å². The van der Waals surface area contributed by atoms with E-state index < -0.39 is 0 Å². The Bertz CT molecular complexity index is 1110. The number of carbonyl (C=O) groups excluding carboxylic acids is 1. The van der Waals surface area contributed by atoms with E-state index in [0.29, 0.717) is 16.9 Å². The van der Waals surface area contributed by atoms with Crippen LogP contribution in [0.25, 0.3) is 5.65 Å². The maximum atomic E-state index is 12.7. The fourth-order valence-electron chi connectivity index (χ4n) is 2.70. The van der Waals surface area contributed by atoms with Crippen molar-refractivity contribution in [2.75, 3.05) is 5.32 Å². The van der Waals surface area contributed by atoms with Crippen LogP contribution in [0.2, 0.25) is 0 Å². The van der Waals surface area contributed by atoms with Crippen LogP contribution >= 0.6 is 27.7 Å². The number of fused-ring (bicyclic) bond motifs is 1. The Labute approximate surface area is 169 Å². The van der Waals surface area contributed by atoms with Gasteiger partial charge in [0.15, 0.2) is 5.65 Å². The lowest BCUT2D eigenvalue weighted by Gasteiger charge is -2.07. The fourth-order valence-corrected chi connectivity index (χ4v) is 3.78. The molecule has 0 aliphatic carbocycles. The molecular weight excluding hydrogens is 424 g/mol. The standard InChI is InChI=1S/C20H15BrN4OS/c1-13-18(19-22-11-2-12-25(19)24-13)20(26)23-15-5-9-17(10-6-15)27-16-7-3-14(21)4-8-16/h2-12H,1H3,(H,23,26). The highest BCUT2D eigenvalue weighted by Gasteiger charge is 2.18. The SMILES string of the molecule is Cc1nn2cccnc2c1C(=O)Nc1ccc(Sc2ccc(Br)cc2)cc1. The molecule has 5 nitrogen and oxygen atoms in total. The third-order valence-corrected chi connectivity index (χ3v) is 5.50. The first-order valence-corrected chi connectivity index (χ1v) is 9.86. The number of aryl methyl sites for hydroxylation is 1. The predicted octanol–water partition coefficient (Wildman–Crippen LogP) is 5.20. The van der Waals surface area contributed by atoms with Crippen LogP contribution in [0.4, 0.5) is 5.69 Å². The molecule has 134 valence electrons. The van der Waals surface area contributed by atoms with Gasteiger partial charge in [-0.3, -0.25) is 4.79 Å². The van der Waals surface area contributed by atoms with E-state index in [1.807, 2.05) is 43.3 Å². The Balaban J connectivity index is 1.50. The number of benzene rings is 2. The van der Waals surface area contributed by atoms with Crippen LogP contribution in [0, 0.1) is 6.92 Å². The van der Waals surface area contributed by atoms with E-state index in [2.05, 4.69) is 43.5 Å². The molecule has 4 rings (SSSR count). The zero-order chi connectivity index (χ0) is 18.8.